The molecule has 0 saturated heterocycles. The molecule has 198 valence electrons. The van der Waals surface area contributed by atoms with Crippen molar-refractivity contribution in [1.82, 2.24) is 20.6 Å². The highest BCUT2D eigenvalue weighted by Gasteiger charge is 2.46. The Kier molecular flexibility index (Phi) is 7.25. The van der Waals surface area contributed by atoms with E-state index in [2.05, 4.69) is 20.6 Å². The number of carbonyl (C=O) groups excluding carboxylic acids is 2. The number of aromatic nitrogens is 2. The van der Waals surface area contributed by atoms with E-state index in [0.29, 0.717) is 22.4 Å². The number of hydrogen-bond donors (Lipinski definition) is 3. The van der Waals surface area contributed by atoms with E-state index in [4.69, 9.17) is 0 Å². The zero-order chi connectivity index (χ0) is 26.3. The van der Waals surface area contributed by atoms with Crippen LogP contribution < -0.4 is 10.6 Å². The standard InChI is InChI=1S/C24H28F6N4O2/c1-12(31-19(35)6-9-24(28,29)30)14-2-3-17-18(10-14)33-21(32-17)20(34-22(36)15-11-16(15)25)13-4-7-23(26,27)8-5-13/h2-3,10,12-13,15-16,20H,4-9,11H2,1H3,(H,31,35)(H,32,33)(H,34,36)/t12-,15+,16+,20+/m1/s1. The Morgan fingerprint density at radius 1 is 1.19 bits per heavy atom. The molecular formula is C24H28F6N4O2. The molecule has 1 aromatic carbocycles. The zero-order valence-electron chi connectivity index (χ0n) is 19.6. The molecule has 2 aliphatic carbocycles. The average Bonchev–Trinajstić information content (AvgIpc) is 3.37. The second kappa shape index (κ2) is 9.93. The van der Waals surface area contributed by atoms with E-state index < -0.39 is 60.9 Å². The van der Waals surface area contributed by atoms with Crippen LogP contribution in [0.1, 0.15) is 75.3 Å². The van der Waals surface area contributed by atoms with Gasteiger partial charge in [-0.2, -0.15) is 13.2 Å². The number of imidazole rings is 1. The van der Waals surface area contributed by atoms with E-state index in [9.17, 15) is 35.9 Å². The van der Waals surface area contributed by atoms with Crippen LogP contribution in [0.4, 0.5) is 26.3 Å². The Labute approximate surface area is 203 Å². The van der Waals surface area contributed by atoms with E-state index in [1.54, 1.807) is 25.1 Å². The summed E-state index contributed by atoms with van der Waals surface area (Å²) in [5.74, 6) is -4.64. The van der Waals surface area contributed by atoms with Crippen LogP contribution in [0.25, 0.3) is 11.0 Å². The summed E-state index contributed by atoms with van der Waals surface area (Å²) in [6.07, 6.45) is -7.65. The van der Waals surface area contributed by atoms with Gasteiger partial charge in [0.1, 0.15) is 12.0 Å². The molecule has 2 fully saturated rings. The third-order valence-electron chi connectivity index (χ3n) is 6.91. The quantitative estimate of drug-likeness (QED) is 0.408. The van der Waals surface area contributed by atoms with Crippen LogP contribution in [0.5, 0.6) is 0 Å². The summed E-state index contributed by atoms with van der Waals surface area (Å²) in [5, 5.41) is 5.34. The molecule has 2 aliphatic rings. The molecule has 0 spiro atoms. The van der Waals surface area contributed by atoms with E-state index in [1.807, 2.05) is 0 Å². The number of amides is 2. The number of halogens is 6. The summed E-state index contributed by atoms with van der Waals surface area (Å²) in [7, 11) is 0. The summed E-state index contributed by atoms with van der Waals surface area (Å²) >= 11 is 0. The first-order chi connectivity index (χ1) is 16.8. The van der Waals surface area contributed by atoms with Crippen molar-refractivity contribution in [3.63, 3.8) is 0 Å². The molecule has 0 aliphatic heterocycles. The Morgan fingerprint density at radius 3 is 2.47 bits per heavy atom. The number of aromatic amines is 1. The molecule has 0 unspecified atom stereocenters. The SMILES string of the molecule is C[C@@H](NC(=O)CCC(F)(F)F)c1ccc2nc([C@@H](NC(=O)[C@H]3C[C@@H]3F)C3CCC(F)(F)CC3)[nH]c2c1. The van der Waals surface area contributed by atoms with Crippen LogP contribution in [0.2, 0.25) is 0 Å². The van der Waals surface area contributed by atoms with Gasteiger partial charge in [-0.3, -0.25) is 9.59 Å². The lowest BCUT2D eigenvalue weighted by molar-refractivity contribution is -0.144. The van der Waals surface area contributed by atoms with E-state index in [-0.39, 0.29) is 38.0 Å². The van der Waals surface area contributed by atoms with Gasteiger partial charge in [0, 0.05) is 19.3 Å². The van der Waals surface area contributed by atoms with Crippen LogP contribution in [0.15, 0.2) is 18.2 Å². The van der Waals surface area contributed by atoms with Gasteiger partial charge < -0.3 is 15.6 Å². The number of H-pyrrole nitrogens is 1. The average molecular weight is 519 g/mol. The lowest BCUT2D eigenvalue weighted by atomic mass is 9.81. The Morgan fingerprint density at radius 2 is 1.86 bits per heavy atom. The first-order valence-electron chi connectivity index (χ1n) is 12.0. The number of hydrogen-bond acceptors (Lipinski definition) is 3. The molecule has 12 heteroatoms. The van der Waals surface area contributed by atoms with Crippen LogP contribution in [-0.2, 0) is 9.59 Å². The predicted molar refractivity (Wildman–Crippen MR) is 119 cm³/mol. The van der Waals surface area contributed by atoms with Crippen molar-refractivity contribution >= 4 is 22.8 Å². The van der Waals surface area contributed by atoms with Gasteiger partial charge in [-0.1, -0.05) is 6.07 Å². The number of benzene rings is 1. The lowest BCUT2D eigenvalue weighted by Crippen LogP contribution is -2.38. The van der Waals surface area contributed by atoms with Gasteiger partial charge in [-0.05, 0) is 49.8 Å². The van der Waals surface area contributed by atoms with Crippen molar-refractivity contribution in [2.24, 2.45) is 11.8 Å². The molecular weight excluding hydrogens is 490 g/mol. The number of rotatable bonds is 8. The number of nitrogens with one attached hydrogen (secondary N) is 3. The smallest absolute Gasteiger partial charge is 0.350 e. The predicted octanol–water partition coefficient (Wildman–Crippen LogP) is 5.42. The monoisotopic (exact) mass is 518 g/mol. The molecule has 4 atom stereocenters. The molecule has 1 heterocycles. The minimum absolute atomic E-state index is 0.136. The highest BCUT2D eigenvalue weighted by Crippen LogP contribution is 2.42. The molecule has 6 nitrogen and oxygen atoms in total. The van der Waals surface area contributed by atoms with Crippen LogP contribution in [-0.4, -0.2) is 40.1 Å². The second-order valence-corrected chi connectivity index (χ2v) is 9.84. The fraction of sp³-hybridized carbons (Fsp3) is 0.625. The van der Waals surface area contributed by atoms with Crippen LogP contribution >= 0.6 is 0 Å². The fourth-order valence-electron chi connectivity index (χ4n) is 4.62. The largest absolute Gasteiger partial charge is 0.389 e. The molecule has 0 bridgehead atoms. The van der Waals surface area contributed by atoms with Crippen molar-refractivity contribution < 1.29 is 35.9 Å². The van der Waals surface area contributed by atoms with E-state index in [1.165, 1.54) is 0 Å². The Balaban J connectivity index is 1.51. The summed E-state index contributed by atoms with van der Waals surface area (Å²) in [5.41, 5.74) is 1.70. The highest BCUT2D eigenvalue weighted by atomic mass is 19.4. The van der Waals surface area contributed by atoms with Gasteiger partial charge in [0.05, 0.1) is 35.5 Å². The first kappa shape index (κ1) is 26.3. The topological polar surface area (TPSA) is 86.9 Å². The van der Waals surface area contributed by atoms with Crippen LogP contribution in [0.3, 0.4) is 0 Å². The third kappa shape index (κ3) is 6.50. The number of nitrogens with zero attached hydrogens (tertiary/aromatic N) is 1. The highest BCUT2D eigenvalue weighted by molar-refractivity contribution is 5.83. The van der Waals surface area contributed by atoms with Gasteiger partial charge in [-0.25, -0.2) is 18.2 Å². The lowest BCUT2D eigenvalue weighted by Gasteiger charge is -2.33. The van der Waals surface area contributed by atoms with Crippen molar-refractivity contribution in [3.8, 4) is 0 Å². The maximum Gasteiger partial charge on any atom is 0.389 e. The third-order valence-corrected chi connectivity index (χ3v) is 6.91. The minimum Gasteiger partial charge on any atom is -0.350 e. The summed E-state index contributed by atoms with van der Waals surface area (Å²) in [6.45, 7) is 1.64. The normalized spacial score (nSPS) is 23.8. The molecule has 4 rings (SSSR count). The van der Waals surface area contributed by atoms with Crippen molar-refractivity contribution in [2.45, 2.75) is 82.2 Å². The summed E-state index contributed by atoms with van der Waals surface area (Å²) < 4.78 is 78.0. The number of carbonyl (C=O) groups is 2. The number of alkyl halides is 6. The Hall–Kier alpha value is -2.79. The van der Waals surface area contributed by atoms with E-state index in [0.717, 1.165) is 0 Å². The maximum atomic E-state index is 13.7. The van der Waals surface area contributed by atoms with Gasteiger partial charge in [-0.15, -0.1) is 0 Å². The molecule has 0 radical (unpaired) electrons. The van der Waals surface area contributed by atoms with E-state index >= 15 is 0 Å². The Bertz CT molecular complexity index is 1110. The summed E-state index contributed by atoms with van der Waals surface area (Å²) in [4.78, 5) is 32.0. The molecule has 2 saturated carbocycles. The fourth-order valence-corrected chi connectivity index (χ4v) is 4.62. The number of fused-ring (bicyclic) bond motifs is 1. The molecule has 36 heavy (non-hydrogen) atoms. The first-order valence-corrected chi connectivity index (χ1v) is 12.0. The van der Waals surface area contributed by atoms with Gasteiger partial charge in [0.2, 0.25) is 17.7 Å². The van der Waals surface area contributed by atoms with Crippen molar-refractivity contribution in [3.05, 3.63) is 29.6 Å². The van der Waals surface area contributed by atoms with Crippen molar-refractivity contribution in [1.29, 1.82) is 0 Å². The van der Waals surface area contributed by atoms with Gasteiger partial charge in [0.25, 0.3) is 0 Å². The molecule has 3 N–H and O–H groups in total. The second-order valence-electron chi connectivity index (χ2n) is 9.84. The van der Waals surface area contributed by atoms with Crippen molar-refractivity contribution in [2.75, 3.05) is 0 Å². The van der Waals surface area contributed by atoms with Gasteiger partial charge in [0.15, 0.2) is 0 Å². The molecule has 2 amide bonds. The minimum atomic E-state index is -4.42. The maximum absolute atomic E-state index is 13.7. The van der Waals surface area contributed by atoms with Gasteiger partial charge >= 0.3 is 6.18 Å². The molecule has 2 aromatic rings. The zero-order valence-corrected chi connectivity index (χ0v) is 19.6. The summed E-state index contributed by atoms with van der Waals surface area (Å²) in [6, 6.07) is 3.75. The molecule has 1 aromatic heterocycles. The van der Waals surface area contributed by atoms with Crippen LogP contribution in [0, 0.1) is 11.8 Å².